The summed E-state index contributed by atoms with van der Waals surface area (Å²) in [5.74, 6) is 0.210. The highest BCUT2D eigenvalue weighted by Crippen LogP contribution is 2.40. The van der Waals surface area contributed by atoms with Crippen molar-refractivity contribution in [2.24, 2.45) is 0 Å². The van der Waals surface area contributed by atoms with Crippen molar-refractivity contribution in [2.75, 3.05) is 0 Å². The smallest absolute Gasteiger partial charge is 0.383 e. The van der Waals surface area contributed by atoms with Crippen molar-refractivity contribution < 1.29 is 22.8 Å². The zero-order valence-electron chi connectivity index (χ0n) is 15.3. The minimum absolute atomic E-state index is 0.104. The number of pyridine rings is 1. The van der Waals surface area contributed by atoms with Crippen molar-refractivity contribution in [2.45, 2.75) is 12.3 Å². The molecule has 1 atom stereocenters. The van der Waals surface area contributed by atoms with Crippen LogP contribution in [0.15, 0.2) is 77.6 Å². The highest BCUT2D eigenvalue weighted by molar-refractivity contribution is 6.30. The minimum Gasteiger partial charge on any atom is -0.383 e. The van der Waals surface area contributed by atoms with E-state index in [4.69, 9.17) is 16.1 Å². The number of aromatic nitrogens is 2. The molecule has 0 amide bonds. The third-order valence-electron chi connectivity index (χ3n) is 4.55. The number of benzene rings is 2. The third-order valence-corrected chi connectivity index (χ3v) is 4.79. The standard InChI is InChI=1S/C22H14ClF3N2O2/c23-17-8-2-5-14(11-17)21-18(20(29)15-6-3-9-27-12-15)19(28-30-21)13-4-1-7-16(10-13)22(24,25)26/h1-12,20,29H. The largest absolute Gasteiger partial charge is 0.416 e. The predicted molar refractivity (Wildman–Crippen MR) is 106 cm³/mol. The van der Waals surface area contributed by atoms with Crippen LogP contribution >= 0.6 is 11.6 Å². The van der Waals surface area contributed by atoms with E-state index in [-0.39, 0.29) is 22.6 Å². The molecule has 0 radical (unpaired) electrons. The first-order valence-electron chi connectivity index (χ1n) is 8.85. The fraction of sp³-hybridized carbons (Fsp3) is 0.0909. The van der Waals surface area contributed by atoms with Crippen LogP contribution in [0.2, 0.25) is 5.02 Å². The van der Waals surface area contributed by atoms with Gasteiger partial charge in [-0.1, -0.05) is 47.1 Å². The number of rotatable bonds is 4. The van der Waals surface area contributed by atoms with Gasteiger partial charge in [0.1, 0.15) is 11.8 Å². The van der Waals surface area contributed by atoms with Crippen molar-refractivity contribution >= 4 is 11.6 Å². The van der Waals surface area contributed by atoms with Crippen LogP contribution in [-0.4, -0.2) is 15.2 Å². The normalized spacial score (nSPS) is 12.7. The van der Waals surface area contributed by atoms with E-state index in [9.17, 15) is 18.3 Å². The van der Waals surface area contributed by atoms with Gasteiger partial charge in [0, 0.05) is 34.1 Å². The summed E-state index contributed by atoms with van der Waals surface area (Å²) in [7, 11) is 0. The summed E-state index contributed by atoms with van der Waals surface area (Å²) in [5.41, 5.74) is 0.648. The molecule has 0 saturated heterocycles. The maximum absolute atomic E-state index is 13.2. The van der Waals surface area contributed by atoms with Crippen molar-refractivity contribution in [3.8, 4) is 22.6 Å². The number of hydrogen-bond acceptors (Lipinski definition) is 4. The van der Waals surface area contributed by atoms with Crippen LogP contribution < -0.4 is 0 Å². The van der Waals surface area contributed by atoms with Gasteiger partial charge < -0.3 is 9.63 Å². The Labute approximate surface area is 174 Å². The molecule has 2 aromatic carbocycles. The molecule has 1 unspecified atom stereocenters. The minimum atomic E-state index is -4.52. The molecule has 0 aliphatic rings. The monoisotopic (exact) mass is 430 g/mol. The van der Waals surface area contributed by atoms with Gasteiger partial charge in [0.2, 0.25) is 0 Å². The van der Waals surface area contributed by atoms with Crippen LogP contribution in [0.1, 0.15) is 22.8 Å². The molecule has 152 valence electrons. The second-order valence-corrected chi connectivity index (χ2v) is 6.99. The number of hydrogen-bond donors (Lipinski definition) is 1. The van der Waals surface area contributed by atoms with E-state index in [2.05, 4.69) is 10.1 Å². The molecule has 0 aliphatic heterocycles. The maximum Gasteiger partial charge on any atom is 0.416 e. The first-order chi connectivity index (χ1) is 14.3. The van der Waals surface area contributed by atoms with E-state index < -0.39 is 17.8 Å². The van der Waals surface area contributed by atoms with Crippen molar-refractivity contribution in [3.05, 3.63) is 94.8 Å². The lowest BCUT2D eigenvalue weighted by Gasteiger charge is -2.13. The molecule has 8 heteroatoms. The zero-order valence-corrected chi connectivity index (χ0v) is 16.0. The summed E-state index contributed by atoms with van der Waals surface area (Å²) < 4.78 is 45.1. The molecule has 0 fully saturated rings. The molecule has 0 bridgehead atoms. The number of aliphatic hydroxyl groups is 1. The van der Waals surface area contributed by atoms with Crippen LogP contribution in [0.4, 0.5) is 13.2 Å². The Kier molecular flexibility index (Phi) is 5.32. The number of nitrogens with zero attached hydrogens (tertiary/aromatic N) is 2. The first kappa shape index (κ1) is 20.1. The number of alkyl halides is 3. The molecular weight excluding hydrogens is 417 g/mol. The molecule has 0 aliphatic carbocycles. The average Bonchev–Trinajstić information content (AvgIpc) is 3.18. The summed E-state index contributed by atoms with van der Waals surface area (Å²) in [4.78, 5) is 4.00. The molecule has 30 heavy (non-hydrogen) atoms. The van der Waals surface area contributed by atoms with Gasteiger partial charge in [-0.15, -0.1) is 0 Å². The highest BCUT2D eigenvalue weighted by Gasteiger charge is 2.32. The first-order valence-corrected chi connectivity index (χ1v) is 9.23. The lowest BCUT2D eigenvalue weighted by Crippen LogP contribution is -2.06. The van der Waals surface area contributed by atoms with E-state index in [0.29, 0.717) is 16.1 Å². The van der Waals surface area contributed by atoms with Gasteiger partial charge >= 0.3 is 6.18 Å². The molecule has 2 aromatic heterocycles. The Balaban J connectivity index is 1.92. The van der Waals surface area contributed by atoms with E-state index >= 15 is 0 Å². The Bertz CT molecular complexity index is 1180. The molecule has 4 rings (SSSR count). The van der Waals surface area contributed by atoms with Gasteiger partial charge in [-0.2, -0.15) is 13.2 Å². The van der Waals surface area contributed by atoms with Gasteiger partial charge in [-0.05, 0) is 30.3 Å². The SMILES string of the molecule is OC(c1cccnc1)c1c(-c2cccc(C(F)(F)F)c2)noc1-c1cccc(Cl)c1. The maximum atomic E-state index is 13.2. The Morgan fingerprint density at radius 2 is 1.73 bits per heavy atom. The molecule has 0 saturated carbocycles. The Hall–Kier alpha value is -3.16. The summed E-state index contributed by atoms with van der Waals surface area (Å²) in [5, 5.41) is 15.5. The molecule has 0 spiro atoms. The zero-order chi connectivity index (χ0) is 21.3. The van der Waals surface area contributed by atoms with E-state index in [1.807, 2.05) is 0 Å². The van der Waals surface area contributed by atoms with Crippen molar-refractivity contribution in [1.29, 1.82) is 0 Å². The molecule has 4 nitrogen and oxygen atoms in total. The molecule has 2 heterocycles. The van der Waals surface area contributed by atoms with E-state index in [1.165, 1.54) is 18.3 Å². The second kappa shape index (κ2) is 7.93. The Morgan fingerprint density at radius 1 is 0.967 bits per heavy atom. The highest BCUT2D eigenvalue weighted by atomic mass is 35.5. The number of halogens is 4. The van der Waals surface area contributed by atoms with Crippen LogP contribution in [0.5, 0.6) is 0 Å². The van der Waals surface area contributed by atoms with E-state index in [0.717, 1.165) is 12.1 Å². The van der Waals surface area contributed by atoms with Crippen molar-refractivity contribution in [3.63, 3.8) is 0 Å². The van der Waals surface area contributed by atoms with Gasteiger partial charge in [0.15, 0.2) is 5.76 Å². The summed E-state index contributed by atoms with van der Waals surface area (Å²) in [6.45, 7) is 0. The van der Waals surface area contributed by atoms with Crippen LogP contribution in [0.25, 0.3) is 22.6 Å². The lowest BCUT2D eigenvalue weighted by molar-refractivity contribution is -0.137. The van der Waals surface area contributed by atoms with Gasteiger partial charge in [0.05, 0.1) is 11.1 Å². The summed E-state index contributed by atoms with van der Waals surface area (Å²) in [6.07, 6.45) is -2.73. The van der Waals surface area contributed by atoms with E-state index in [1.54, 1.807) is 42.6 Å². The summed E-state index contributed by atoms with van der Waals surface area (Å²) >= 11 is 6.08. The Morgan fingerprint density at radius 3 is 2.43 bits per heavy atom. The fourth-order valence-electron chi connectivity index (χ4n) is 3.14. The molecular formula is C22H14ClF3N2O2. The third kappa shape index (κ3) is 3.94. The average molecular weight is 431 g/mol. The van der Waals surface area contributed by atoms with Crippen LogP contribution in [-0.2, 0) is 6.18 Å². The predicted octanol–water partition coefficient (Wildman–Crippen LogP) is 6.16. The topological polar surface area (TPSA) is 59.2 Å². The van der Waals surface area contributed by atoms with Gasteiger partial charge in [-0.3, -0.25) is 4.98 Å². The van der Waals surface area contributed by atoms with Gasteiger partial charge in [0.25, 0.3) is 0 Å². The summed E-state index contributed by atoms with van der Waals surface area (Å²) in [6, 6.07) is 14.7. The number of aliphatic hydroxyl groups excluding tert-OH is 1. The molecule has 4 aromatic rings. The van der Waals surface area contributed by atoms with Crippen molar-refractivity contribution in [1.82, 2.24) is 10.1 Å². The lowest BCUT2D eigenvalue weighted by atomic mass is 9.94. The fourth-order valence-corrected chi connectivity index (χ4v) is 3.33. The van der Waals surface area contributed by atoms with Crippen LogP contribution in [0.3, 0.4) is 0 Å². The van der Waals surface area contributed by atoms with Crippen LogP contribution in [0, 0.1) is 0 Å². The van der Waals surface area contributed by atoms with Gasteiger partial charge in [-0.25, -0.2) is 0 Å². The molecule has 1 N–H and O–H groups in total. The quantitative estimate of drug-likeness (QED) is 0.421. The second-order valence-electron chi connectivity index (χ2n) is 6.55.